The molecule has 0 saturated carbocycles. The van der Waals surface area contributed by atoms with Crippen LogP contribution in [-0.4, -0.2) is 53.5 Å². The van der Waals surface area contributed by atoms with Gasteiger partial charge in [-0.1, -0.05) is 41.9 Å². The van der Waals surface area contributed by atoms with Crippen LogP contribution in [0, 0.1) is 12.3 Å². The lowest BCUT2D eigenvalue weighted by molar-refractivity contribution is -0.119. The third-order valence-electron chi connectivity index (χ3n) is 6.55. The van der Waals surface area contributed by atoms with Crippen molar-refractivity contribution < 1.29 is 23.2 Å². The molecule has 2 heterocycles. The van der Waals surface area contributed by atoms with Crippen molar-refractivity contribution in [3.05, 3.63) is 87.3 Å². The van der Waals surface area contributed by atoms with Crippen molar-refractivity contribution in [1.82, 2.24) is 20.6 Å². The van der Waals surface area contributed by atoms with Crippen LogP contribution in [0.4, 0.5) is 11.4 Å². The Morgan fingerprint density at radius 3 is 2.52 bits per heavy atom. The summed E-state index contributed by atoms with van der Waals surface area (Å²) in [6.45, 7) is 2.24. The summed E-state index contributed by atoms with van der Waals surface area (Å²) < 4.78 is 31.1. The first-order valence-electron chi connectivity index (χ1n) is 13.3. The van der Waals surface area contributed by atoms with Gasteiger partial charge in [0.05, 0.1) is 28.8 Å². The number of sulfonamides is 1. The van der Waals surface area contributed by atoms with Crippen LogP contribution in [0.2, 0.25) is 5.15 Å². The monoisotopic (exact) mass is 658 g/mol. The number of nitrogens with two attached hydrogens (primary N) is 1. The van der Waals surface area contributed by atoms with Gasteiger partial charge in [-0.05, 0) is 55.5 Å². The number of carbonyl (C=O) groups is 2. The highest BCUT2D eigenvalue weighted by atomic mass is 35.5. The van der Waals surface area contributed by atoms with Gasteiger partial charge in [0.1, 0.15) is 14.9 Å². The van der Waals surface area contributed by atoms with Crippen LogP contribution in [-0.2, 0) is 21.4 Å². The van der Waals surface area contributed by atoms with Crippen molar-refractivity contribution in [3.8, 4) is 5.69 Å². The van der Waals surface area contributed by atoms with Crippen LogP contribution in [0.25, 0.3) is 5.69 Å². The average Bonchev–Trinajstić information content (AvgIpc) is 3.58. The number of hydrogen-bond donors (Lipinski definition) is 7. The maximum Gasteiger partial charge on any atom is 0.263 e. The Morgan fingerprint density at radius 2 is 1.82 bits per heavy atom. The van der Waals surface area contributed by atoms with Crippen molar-refractivity contribution in [2.45, 2.75) is 37.2 Å². The number of rotatable bonds is 15. The van der Waals surface area contributed by atoms with Gasteiger partial charge < -0.3 is 21.6 Å². The number of ketones is 2. The molecule has 0 bridgehead atoms. The Hall–Kier alpha value is -4.28. The van der Waals surface area contributed by atoms with Crippen LogP contribution in [0.5, 0.6) is 0 Å². The summed E-state index contributed by atoms with van der Waals surface area (Å²) in [5, 5.41) is 28.7. The minimum atomic E-state index is -4.24. The van der Waals surface area contributed by atoms with E-state index in [9.17, 15) is 23.2 Å². The Balaban J connectivity index is 1.50. The molecular formula is C28H31ClN8O5S2. The molecule has 0 unspecified atom stereocenters. The number of guanidine groups is 1. The summed E-state index contributed by atoms with van der Waals surface area (Å²) >= 11 is 7.54. The van der Waals surface area contributed by atoms with Crippen molar-refractivity contribution in [2.24, 2.45) is 5.73 Å². The van der Waals surface area contributed by atoms with Gasteiger partial charge in [-0.25, -0.2) is 13.1 Å². The van der Waals surface area contributed by atoms with E-state index in [-0.39, 0.29) is 46.6 Å². The molecule has 0 aliphatic rings. The van der Waals surface area contributed by atoms with E-state index in [0.717, 1.165) is 17.0 Å². The lowest BCUT2D eigenvalue weighted by Crippen LogP contribution is -2.40. The maximum atomic E-state index is 13.5. The lowest BCUT2D eigenvalue weighted by Gasteiger charge is -2.15. The highest BCUT2D eigenvalue weighted by Crippen LogP contribution is 2.30. The molecule has 1 atom stereocenters. The number of hydrogen-bond acceptors (Lipinski definition) is 10. The normalized spacial score (nSPS) is 12.0. The van der Waals surface area contributed by atoms with Crippen LogP contribution in [0.3, 0.4) is 0 Å². The summed E-state index contributed by atoms with van der Waals surface area (Å²) in [6.07, 6.45) is 0.392. The quantitative estimate of drug-likeness (QED) is 0.0246. The SMILES string of the molecule is Cc1nn(-c2ccccc2)c(Cl)c1CNc1ccccc1S(=O)(=O)Nc1ccsc1C(=O)C(=O)[C@H](CCCNC(=N)N)NO. The summed E-state index contributed by atoms with van der Waals surface area (Å²) in [5.41, 5.74) is 9.42. The molecular weight excluding hydrogens is 628 g/mol. The molecule has 0 radical (unpaired) electrons. The molecule has 232 valence electrons. The summed E-state index contributed by atoms with van der Waals surface area (Å²) in [5.74, 6) is -2.15. The third-order valence-corrected chi connectivity index (χ3v) is 9.28. The number of aryl methyl sites for hydroxylation is 1. The Labute approximate surface area is 262 Å². The fourth-order valence-corrected chi connectivity index (χ4v) is 6.78. The van der Waals surface area contributed by atoms with Gasteiger partial charge in [0.2, 0.25) is 11.6 Å². The number of thiophene rings is 1. The largest absolute Gasteiger partial charge is 0.380 e. The zero-order valence-electron chi connectivity index (χ0n) is 23.5. The molecule has 0 saturated heterocycles. The van der Waals surface area contributed by atoms with E-state index in [4.69, 9.17) is 22.7 Å². The van der Waals surface area contributed by atoms with E-state index < -0.39 is 27.6 Å². The molecule has 4 rings (SSSR count). The van der Waals surface area contributed by atoms with E-state index in [1.54, 1.807) is 22.9 Å². The van der Waals surface area contributed by atoms with Crippen molar-refractivity contribution in [2.75, 3.05) is 16.6 Å². The van der Waals surface area contributed by atoms with Gasteiger partial charge in [0.15, 0.2) is 5.96 Å². The smallest absolute Gasteiger partial charge is 0.263 e. The molecule has 0 spiro atoms. The number of aromatic nitrogens is 2. The fraction of sp³-hybridized carbons (Fsp3) is 0.214. The first-order chi connectivity index (χ1) is 21.0. The molecule has 0 fully saturated rings. The van der Waals surface area contributed by atoms with E-state index in [2.05, 4.69) is 20.5 Å². The summed E-state index contributed by atoms with van der Waals surface area (Å²) in [4.78, 5) is 25.7. The minimum absolute atomic E-state index is 0.0684. The molecule has 4 aromatic rings. The van der Waals surface area contributed by atoms with Crippen LogP contribution >= 0.6 is 22.9 Å². The zero-order valence-corrected chi connectivity index (χ0v) is 25.9. The number of nitrogens with one attached hydrogen (secondary N) is 5. The van der Waals surface area contributed by atoms with Gasteiger partial charge in [-0.3, -0.25) is 19.7 Å². The number of carbonyl (C=O) groups excluding carboxylic acids is 2. The predicted molar refractivity (Wildman–Crippen MR) is 169 cm³/mol. The fourth-order valence-electron chi connectivity index (χ4n) is 4.32. The molecule has 44 heavy (non-hydrogen) atoms. The number of para-hydroxylation sites is 2. The average molecular weight is 659 g/mol. The first kappa shape index (κ1) is 32.6. The highest BCUT2D eigenvalue weighted by molar-refractivity contribution is 7.93. The number of nitrogens with zero attached hydrogens (tertiary/aromatic N) is 2. The number of Topliss-reactive ketones (excluding diaryl/α,β-unsaturated/α-hetero) is 2. The second-order valence-corrected chi connectivity index (χ2v) is 12.5. The standard InChI is InChI=1S/C28H31ClN8O5S2/c1-17-19(27(29)37(34-17)18-8-3-2-4-9-18)16-33-20-10-5-6-12-23(20)44(41,42)36-22-13-15-43-26(22)25(39)24(38)21(35-40)11-7-14-32-28(30)31/h2-6,8-10,12-13,15,21,33,35-36,40H,7,11,14,16H2,1H3,(H4,30,31,32)/t21-/m0/s1. The predicted octanol–water partition coefficient (Wildman–Crippen LogP) is 3.67. The Kier molecular flexibility index (Phi) is 10.7. The maximum absolute atomic E-state index is 13.5. The number of anilines is 2. The van der Waals surface area contributed by atoms with Gasteiger partial charge in [-0.2, -0.15) is 10.6 Å². The van der Waals surface area contributed by atoms with Crippen LogP contribution in [0.1, 0.15) is 33.8 Å². The molecule has 8 N–H and O–H groups in total. The zero-order chi connectivity index (χ0) is 31.9. The lowest BCUT2D eigenvalue weighted by atomic mass is 10.0. The topological polar surface area (TPSA) is 204 Å². The van der Waals surface area contributed by atoms with Crippen molar-refractivity contribution in [3.63, 3.8) is 0 Å². The van der Waals surface area contributed by atoms with Crippen molar-refractivity contribution >= 4 is 61.9 Å². The molecule has 16 heteroatoms. The number of benzene rings is 2. The molecule has 0 aliphatic carbocycles. The van der Waals surface area contributed by atoms with Crippen molar-refractivity contribution in [1.29, 1.82) is 5.41 Å². The molecule has 0 aliphatic heterocycles. The Bertz CT molecular complexity index is 1760. The minimum Gasteiger partial charge on any atom is -0.380 e. The second-order valence-electron chi connectivity index (χ2n) is 9.58. The Morgan fingerprint density at radius 1 is 1.11 bits per heavy atom. The highest BCUT2D eigenvalue weighted by Gasteiger charge is 2.30. The molecule has 2 aromatic heterocycles. The van der Waals surface area contributed by atoms with Crippen LogP contribution < -0.4 is 26.6 Å². The molecule has 2 aromatic carbocycles. The molecule has 0 amide bonds. The van der Waals surface area contributed by atoms with E-state index >= 15 is 0 Å². The van der Waals surface area contributed by atoms with Gasteiger partial charge in [0.25, 0.3) is 10.0 Å². The van der Waals surface area contributed by atoms with Gasteiger partial charge >= 0.3 is 0 Å². The molecule has 13 nitrogen and oxygen atoms in total. The number of halogens is 1. The van der Waals surface area contributed by atoms with E-state index in [1.807, 2.05) is 42.7 Å². The van der Waals surface area contributed by atoms with Gasteiger partial charge in [-0.15, -0.1) is 11.3 Å². The summed E-state index contributed by atoms with van der Waals surface area (Å²) in [7, 11) is -4.24. The summed E-state index contributed by atoms with van der Waals surface area (Å²) in [6, 6.07) is 15.8. The second kappa shape index (κ2) is 14.5. The van der Waals surface area contributed by atoms with Crippen LogP contribution in [0.15, 0.2) is 70.9 Å². The number of hydroxylamine groups is 1. The van der Waals surface area contributed by atoms with E-state index in [0.29, 0.717) is 22.8 Å². The van der Waals surface area contributed by atoms with Gasteiger partial charge in [0, 0.05) is 18.7 Å². The third kappa shape index (κ3) is 7.62. The first-order valence-corrected chi connectivity index (χ1v) is 16.1. The van der Waals surface area contributed by atoms with E-state index in [1.165, 1.54) is 17.5 Å².